The fraction of sp³-hybridized carbons (Fsp3) is 0.560. The average Bonchev–Trinajstić information content (AvgIpc) is 2.84. The van der Waals surface area contributed by atoms with Gasteiger partial charge in [0, 0.05) is 43.4 Å². The molecule has 0 bridgehead atoms. The minimum Gasteiger partial charge on any atom is -0.497 e. The summed E-state index contributed by atoms with van der Waals surface area (Å²) in [4.78, 5) is 24.6. The predicted molar refractivity (Wildman–Crippen MR) is 130 cm³/mol. The Labute approximate surface area is 196 Å². The number of anilines is 2. The van der Waals surface area contributed by atoms with Crippen LogP contribution in [0, 0.1) is 0 Å². The Morgan fingerprint density at radius 2 is 1.58 bits per heavy atom. The van der Waals surface area contributed by atoms with Crippen LogP contribution in [-0.2, 0) is 12.8 Å². The summed E-state index contributed by atoms with van der Waals surface area (Å²) in [6.45, 7) is 0. The quantitative estimate of drug-likeness (QED) is 0.662. The second-order valence-corrected chi connectivity index (χ2v) is 9.17. The lowest BCUT2D eigenvalue weighted by Gasteiger charge is -2.30. The van der Waals surface area contributed by atoms with Gasteiger partial charge in [-0.25, -0.2) is 4.98 Å². The van der Waals surface area contributed by atoms with E-state index in [1.807, 2.05) is 14.1 Å². The van der Waals surface area contributed by atoms with Gasteiger partial charge in [-0.05, 0) is 63.5 Å². The lowest BCUT2D eigenvalue weighted by Crippen LogP contribution is -2.40. The Kier molecular flexibility index (Phi) is 7.20. The van der Waals surface area contributed by atoms with E-state index in [2.05, 4.69) is 15.5 Å². The number of hydrogen-bond donors (Lipinski definition) is 2. The zero-order valence-corrected chi connectivity index (χ0v) is 20.1. The third-order valence-electron chi connectivity index (χ3n) is 6.59. The molecule has 2 aromatic rings. The van der Waals surface area contributed by atoms with Gasteiger partial charge >= 0.3 is 0 Å². The average molecular weight is 454 g/mol. The largest absolute Gasteiger partial charge is 0.497 e. The first-order valence-electron chi connectivity index (χ1n) is 11.8. The molecule has 0 radical (unpaired) electrons. The van der Waals surface area contributed by atoms with Crippen molar-refractivity contribution in [3.05, 3.63) is 35.0 Å². The zero-order valence-electron chi connectivity index (χ0n) is 20.1. The van der Waals surface area contributed by atoms with Gasteiger partial charge in [-0.1, -0.05) is 0 Å². The monoisotopic (exact) mass is 453 g/mol. The van der Waals surface area contributed by atoms with Crippen molar-refractivity contribution >= 4 is 17.7 Å². The van der Waals surface area contributed by atoms with E-state index in [1.54, 1.807) is 32.4 Å². The predicted octanol–water partition coefficient (Wildman–Crippen LogP) is 3.59. The van der Waals surface area contributed by atoms with Crippen molar-refractivity contribution in [2.24, 2.45) is 0 Å². The van der Waals surface area contributed by atoms with E-state index in [1.165, 1.54) is 24.1 Å². The number of carbonyl (C=O) groups excluding carboxylic acids is 1. The van der Waals surface area contributed by atoms with Gasteiger partial charge < -0.3 is 25.0 Å². The molecule has 1 aromatic carbocycles. The molecule has 33 heavy (non-hydrogen) atoms. The molecule has 4 rings (SSSR count). The molecule has 0 spiro atoms. The molecule has 8 nitrogen and oxygen atoms in total. The van der Waals surface area contributed by atoms with E-state index < -0.39 is 0 Å². The number of carbonyl (C=O) groups is 1. The van der Waals surface area contributed by atoms with E-state index >= 15 is 0 Å². The van der Waals surface area contributed by atoms with Crippen LogP contribution in [0.1, 0.15) is 60.1 Å². The Balaban J connectivity index is 1.35. The van der Waals surface area contributed by atoms with Crippen LogP contribution in [0.3, 0.4) is 0 Å². The third-order valence-corrected chi connectivity index (χ3v) is 6.59. The lowest BCUT2D eigenvalue weighted by molar-refractivity contribution is 0.0926. The zero-order chi connectivity index (χ0) is 23.4. The first-order chi connectivity index (χ1) is 16.0. The summed E-state index contributed by atoms with van der Waals surface area (Å²) in [5.41, 5.74) is 3.04. The molecule has 8 heteroatoms. The van der Waals surface area contributed by atoms with E-state index in [9.17, 15) is 4.79 Å². The van der Waals surface area contributed by atoms with Crippen LogP contribution in [-0.4, -0.2) is 56.3 Å². The highest BCUT2D eigenvalue weighted by Crippen LogP contribution is 2.29. The summed E-state index contributed by atoms with van der Waals surface area (Å²) in [6.07, 6.45) is 8.25. The van der Waals surface area contributed by atoms with Crippen LogP contribution in [0.15, 0.2) is 18.2 Å². The van der Waals surface area contributed by atoms with Gasteiger partial charge in [-0.3, -0.25) is 4.79 Å². The molecule has 2 aliphatic rings. The molecule has 0 aliphatic heterocycles. The number of nitrogens with one attached hydrogen (secondary N) is 2. The summed E-state index contributed by atoms with van der Waals surface area (Å²) in [6, 6.07) is 5.70. The van der Waals surface area contributed by atoms with Gasteiger partial charge in [0.15, 0.2) is 0 Å². The van der Waals surface area contributed by atoms with Gasteiger partial charge in [-0.15, -0.1) is 0 Å². The first-order valence-corrected chi connectivity index (χ1v) is 11.8. The molecular weight excluding hydrogens is 418 g/mol. The molecule has 1 aromatic heterocycles. The topological polar surface area (TPSA) is 88.6 Å². The van der Waals surface area contributed by atoms with E-state index in [0.29, 0.717) is 23.1 Å². The van der Waals surface area contributed by atoms with Crippen LogP contribution in [0.25, 0.3) is 0 Å². The highest BCUT2D eigenvalue weighted by molar-refractivity contribution is 5.95. The number of hydrogen-bond acceptors (Lipinski definition) is 7. The first kappa shape index (κ1) is 23.1. The maximum absolute atomic E-state index is 12.8. The van der Waals surface area contributed by atoms with Gasteiger partial charge in [0.1, 0.15) is 17.3 Å². The van der Waals surface area contributed by atoms with Crippen molar-refractivity contribution in [1.29, 1.82) is 0 Å². The van der Waals surface area contributed by atoms with Crippen LogP contribution in [0.4, 0.5) is 11.8 Å². The Hall–Kier alpha value is -3.03. The summed E-state index contributed by atoms with van der Waals surface area (Å²) in [7, 11) is 7.26. The summed E-state index contributed by atoms with van der Waals surface area (Å²) in [5.74, 6) is 2.88. The van der Waals surface area contributed by atoms with Gasteiger partial charge in [0.05, 0.1) is 19.9 Å². The van der Waals surface area contributed by atoms with Crippen LogP contribution in [0.5, 0.6) is 11.5 Å². The summed E-state index contributed by atoms with van der Waals surface area (Å²) < 4.78 is 10.6. The SMILES string of the molecule is COc1cc(OC)cc(C(=O)NC2CCC(Nc3nc4c(c(N(C)C)n3)CCCC4)CC2)c1. The number of aryl methyl sites for hydroxylation is 1. The highest BCUT2D eigenvalue weighted by Gasteiger charge is 2.25. The molecule has 1 fully saturated rings. The van der Waals surface area contributed by atoms with Gasteiger partial charge in [0.25, 0.3) is 5.91 Å². The number of fused-ring (bicyclic) bond motifs is 1. The Morgan fingerprint density at radius 1 is 0.939 bits per heavy atom. The number of methoxy groups -OCH3 is 2. The van der Waals surface area contributed by atoms with E-state index in [-0.39, 0.29) is 11.9 Å². The minimum absolute atomic E-state index is 0.0998. The van der Waals surface area contributed by atoms with Crippen LogP contribution in [0.2, 0.25) is 0 Å². The van der Waals surface area contributed by atoms with Gasteiger partial charge in [0.2, 0.25) is 5.95 Å². The molecular formula is C25H35N5O3. The molecule has 2 aliphatic carbocycles. The maximum Gasteiger partial charge on any atom is 0.251 e. The van der Waals surface area contributed by atoms with Crippen molar-refractivity contribution in [3.8, 4) is 11.5 Å². The number of benzene rings is 1. The molecule has 1 saturated carbocycles. The third kappa shape index (κ3) is 5.49. The number of ether oxygens (including phenoxy) is 2. The molecule has 0 unspecified atom stereocenters. The van der Waals surface area contributed by atoms with Crippen LogP contribution >= 0.6 is 0 Å². The summed E-state index contributed by atoms with van der Waals surface area (Å²) >= 11 is 0. The summed E-state index contributed by atoms with van der Waals surface area (Å²) in [5, 5.41) is 6.74. The maximum atomic E-state index is 12.8. The number of amides is 1. The molecule has 0 atom stereocenters. The number of nitrogens with zero attached hydrogens (tertiary/aromatic N) is 3. The molecule has 1 heterocycles. The second kappa shape index (κ2) is 10.3. The van der Waals surface area contributed by atoms with Crippen molar-refractivity contribution in [1.82, 2.24) is 15.3 Å². The van der Waals surface area contributed by atoms with Crippen LogP contribution < -0.4 is 25.0 Å². The van der Waals surface area contributed by atoms with Crippen molar-refractivity contribution < 1.29 is 14.3 Å². The standard InChI is InChI=1S/C25H35N5O3/c1-30(2)23-21-7-5-6-8-22(21)28-25(29-23)27-18-11-9-17(10-12-18)26-24(31)16-13-19(32-3)15-20(14-16)33-4/h13-15,17-18H,5-12H2,1-4H3,(H,26,31)(H,27,28,29). The van der Waals surface area contributed by atoms with Crippen molar-refractivity contribution in [2.45, 2.75) is 63.5 Å². The molecule has 2 N–H and O–H groups in total. The Morgan fingerprint density at radius 3 is 2.21 bits per heavy atom. The minimum atomic E-state index is -0.0998. The molecule has 0 saturated heterocycles. The number of aromatic nitrogens is 2. The van der Waals surface area contributed by atoms with Crippen molar-refractivity contribution in [3.63, 3.8) is 0 Å². The Bertz CT molecular complexity index is 964. The smallest absolute Gasteiger partial charge is 0.251 e. The van der Waals surface area contributed by atoms with Gasteiger partial charge in [-0.2, -0.15) is 4.98 Å². The van der Waals surface area contributed by atoms with Crippen molar-refractivity contribution in [2.75, 3.05) is 38.5 Å². The van der Waals surface area contributed by atoms with E-state index in [4.69, 9.17) is 19.4 Å². The number of rotatable bonds is 7. The molecule has 178 valence electrons. The second-order valence-electron chi connectivity index (χ2n) is 9.17. The lowest BCUT2D eigenvalue weighted by atomic mass is 9.91. The fourth-order valence-corrected chi connectivity index (χ4v) is 4.78. The highest BCUT2D eigenvalue weighted by atomic mass is 16.5. The molecule has 1 amide bonds. The van der Waals surface area contributed by atoms with E-state index in [0.717, 1.165) is 50.3 Å². The normalized spacial score (nSPS) is 19.9. The fourth-order valence-electron chi connectivity index (χ4n) is 4.78.